The van der Waals surface area contributed by atoms with Crippen LogP contribution in [0.5, 0.6) is 0 Å². The molecule has 8 heteroatoms. The highest BCUT2D eigenvalue weighted by molar-refractivity contribution is 9.10. The van der Waals surface area contributed by atoms with E-state index in [9.17, 15) is 22.8 Å². The van der Waals surface area contributed by atoms with Gasteiger partial charge in [-0.25, -0.2) is 0 Å². The van der Waals surface area contributed by atoms with Gasteiger partial charge < -0.3 is 10.2 Å². The van der Waals surface area contributed by atoms with Crippen LogP contribution in [0.4, 0.5) is 13.2 Å². The Kier molecular flexibility index (Phi) is 4.14. The summed E-state index contributed by atoms with van der Waals surface area (Å²) >= 11 is 3.20. The van der Waals surface area contributed by atoms with E-state index < -0.39 is 23.5 Å². The lowest BCUT2D eigenvalue weighted by atomic mass is 9.78. The molecule has 2 aliphatic rings. The quantitative estimate of drug-likeness (QED) is 0.823. The van der Waals surface area contributed by atoms with Crippen LogP contribution in [0.2, 0.25) is 0 Å². The van der Waals surface area contributed by atoms with Crippen LogP contribution < -0.4 is 5.32 Å². The molecule has 1 aromatic rings. The number of halogens is 4. The van der Waals surface area contributed by atoms with Crippen LogP contribution in [-0.2, 0) is 9.59 Å². The Bertz CT molecular complexity index is 677. The second kappa shape index (κ2) is 5.75. The second-order valence-electron chi connectivity index (χ2n) is 6.46. The van der Waals surface area contributed by atoms with Crippen LogP contribution in [0.3, 0.4) is 0 Å². The molecule has 0 aromatic heterocycles. The van der Waals surface area contributed by atoms with E-state index in [0.29, 0.717) is 4.47 Å². The van der Waals surface area contributed by atoms with Gasteiger partial charge in [-0.1, -0.05) is 35.0 Å². The Morgan fingerprint density at radius 1 is 1.29 bits per heavy atom. The van der Waals surface area contributed by atoms with Crippen LogP contribution in [0.15, 0.2) is 28.7 Å². The van der Waals surface area contributed by atoms with Crippen LogP contribution in [0.25, 0.3) is 0 Å². The third-order valence-corrected chi connectivity index (χ3v) is 5.51. The highest BCUT2D eigenvalue weighted by Gasteiger charge is 2.60. The zero-order valence-electron chi connectivity index (χ0n) is 12.9. The van der Waals surface area contributed by atoms with Crippen molar-refractivity contribution in [1.82, 2.24) is 10.2 Å². The zero-order valence-corrected chi connectivity index (χ0v) is 14.4. The molecule has 2 amide bonds. The first-order valence-corrected chi connectivity index (χ1v) is 8.34. The largest absolute Gasteiger partial charge is 0.413 e. The summed E-state index contributed by atoms with van der Waals surface area (Å²) in [4.78, 5) is 25.3. The number of alkyl halides is 3. The molecule has 0 bridgehead atoms. The maximum absolute atomic E-state index is 13.7. The third-order valence-electron chi connectivity index (χ3n) is 4.99. The number of hydrogen-bond acceptors (Lipinski definition) is 2. The summed E-state index contributed by atoms with van der Waals surface area (Å²) in [5, 5.41) is 2.58. The number of carbonyl (C=O) groups excluding carboxylic acids is 2. The number of carbonyl (C=O) groups is 2. The molecular formula is C16H16BrF3N2O2. The highest BCUT2D eigenvalue weighted by Crippen LogP contribution is 2.48. The first-order chi connectivity index (χ1) is 11.1. The maximum atomic E-state index is 13.7. The van der Waals surface area contributed by atoms with E-state index in [-0.39, 0.29) is 36.9 Å². The van der Waals surface area contributed by atoms with Gasteiger partial charge >= 0.3 is 6.18 Å². The van der Waals surface area contributed by atoms with E-state index in [4.69, 9.17) is 0 Å². The molecule has 2 aliphatic heterocycles. The molecule has 24 heavy (non-hydrogen) atoms. The molecule has 2 unspecified atom stereocenters. The number of hydrogen-bond donors (Lipinski definition) is 1. The average Bonchev–Trinajstić information content (AvgIpc) is 2.98. The molecule has 1 N–H and O–H groups in total. The van der Waals surface area contributed by atoms with Crippen molar-refractivity contribution in [2.24, 2.45) is 11.3 Å². The Morgan fingerprint density at radius 2 is 1.92 bits per heavy atom. The molecule has 3 rings (SSSR count). The highest BCUT2D eigenvalue weighted by atomic mass is 79.9. The van der Waals surface area contributed by atoms with Crippen LogP contribution >= 0.6 is 15.9 Å². The molecule has 1 spiro atoms. The summed E-state index contributed by atoms with van der Waals surface area (Å²) in [6.07, 6.45) is -4.64. The van der Waals surface area contributed by atoms with Crippen molar-refractivity contribution >= 4 is 27.7 Å². The van der Waals surface area contributed by atoms with E-state index >= 15 is 0 Å². The molecular weight excluding hydrogens is 389 g/mol. The number of amides is 2. The second-order valence-corrected chi connectivity index (χ2v) is 7.38. The predicted molar refractivity (Wildman–Crippen MR) is 83.9 cm³/mol. The SMILES string of the molecule is CC1CN([C@@H](c2ccc(Br)cc2)C(F)(F)F)C(=O)C12CNC(=O)C2. The van der Waals surface area contributed by atoms with Crippen molar-refractivity contribution < 1.29 is 22.8 Å². The molecule has 2 saturated heterocycles. The van der Waals surface area contributed by atoms with E-state index in [0.717, 1.165) is 4.90 Å². The zero-order chi connectivity index (χ0) is 17.7. The maximum Gasteiger partial charge on any atom is 0.413 e. The van der Waals surface area contributed by atoms with Crippen molar-refractivity contribution in [1.29, 1.82) is 0 Å². The first-order valence-electron chi connectivity index (χ1n) is 7.55. The lowest BCUT2D eigenvalue weighted by molar-refractivity contribution is -0.190. The fourth-order valence-electron chi connectivity index (χ4n) is 3.63. The number of nitrogens with zero attached hydrogens (tertiary/aromatic N) is 1. The van der Waals surface area contributed by atoms with Crippen molar-refractivity contribution in [3.8, 4) is 0 Å². The smallest absolute Gasteiger partial charge is 0.355 e. The summed E-state index contributed by atoms with van der Waals surface area (Å²) in [5.41, 5.74) is -1.05. The van der Waals surface area contributed by atoms with Gasteiger partial charge in [-0.05, 0) is 23.6 Å². The Labute approximate surface area is 145 Å². The number of benzene rings is 1. The van der Waals surface area contributed by atoms with Crippen LogP contribution in [0, 0.1) is 11.3 Å². The number of likely N-dealkylation sites (tertiary alicyclic amines) is 1. The van der Waals surface area contributed by atoms with Crippen molar-refractivity contribution in [3.63, 3.8) is 0 Å². The van der Waals surface area contributed by atoms with Gasteiger partial charge in [0.2, 0.25) is 11.8 Å². The molecule has 4 nitrogen and oxygen atoms in total. The van der Waals surface area contributed by atoms with E-state index in [2.05, 4.69) is 21.2 Å². The van der Waals surface area contributed by atoms with E-state index in [1.807, 2.05) is 0 Å². The normalized spacial score (nSPS) is 28.5. The molecule has 2 fully saturated rings. The average molecular weight is 405 g/mol. The molecule has 130 valence electrons. The Morgan fingerprint density at radius 3 is 2.42 bits per heavy atom. The van der Waals surface area contributed by atoms with Crippen LogP contribution in [-0.4, -0.2) is 36.0 Å². The minimum atomic E-state index is -4.59. The van der Waals surface area contributed by atoms with Crippen molar-refractivity contribution in [3.05, 3.63) is 34.3 Å². The summed E-state index contributed by atoms with van der Waals surface area (Å²) in [6.45, 7) is 1.81. The fourth-order valence-corrected chi connectivity index (χ4v) is 3.89. The van der Waals surface area contributed by atoms with Gasteiger partial charge in [0.25, 0.3) is 0 Å². The Hall–Kier alpha value is -1.57. The molecule has 3 atom stereocenters. The topological polar surface area (TPSA) is 49.4 Å². The van der Waals surface area contributed by atoms with Crippen molar-refractivity contribution in [2.45, 2.75) is 25.6 Å². The summed E-state index contributed by atoms with van der Waals surface area (Å²) in [5.74, 6) is -1.22. The molecule has 2 heterocycles. The molecule has 1 aromatic carbocycles. The standard InChI is InChI=1S/C16H16BrF3N2O2/c1-9-7-22(14(24)15(9)6-12(23)21-8-15)13(16(18,19)20)10-2-4-11(17)5-3-10/h2-5,9,13H,6-8H2,1H3,(H,21,23)/t9?,13-,15?/m0/s1. The van der Waals surface area contributed by atoms with Gasteiger partial charge in [-0.3, -0.25) is 9.59 Å². The predicted octanol–water partition coefficient (Wildman–Crippen LogP) is 3.04. The summed E-state index contributed by atoms with van der Waals surface area (Å²) in [6, 6.07) is 3.77. The lowest BCUT2D eigenvalue weighted by Crippen LogP contribution is -2.43. The minimum absolute atomic E-state index is 0.0144. The minimum Gasteiger partial charge on any atom is -0.355 e. The van der Waals surface area contributed by atoms with Gasteiger partial charge in [0.15, 0.2) is 6.04 Å². The van der Waals surface area contributed by atoms with Gasteiger partial charge in [-0.15, -0.1) is 0 Å². The first kappa shape index (κ1) is 17.3. The van der Waals surface area contributed by atoms with Crippen LogP contribution in [0.1, 0.15) is 24.9 Å². The van der Waals surface area contributed by atoms with Crippen molar-refractivity contribution in [2.75, 3.05) is 13.1 Å². The van der Waals surface area contributed by atoms with E-state index in [1.54, 1.807) is 6.92 Å². The molecule has 0 aliphatic carbocycles. The number of nitrogens with one attached hydrogen (secondary N) is 1. The van der Waals surface area contributed by atoms with Gasteiger partial charge in [0.05, 0.1) is 5.41 Å². The monoisotopic (exact) mass is 404 g/mol. The van der Waals surface area contributed by atoms with E-state index in [1.165, 1.54) is 24.3 Å². The fraction of sp³-hybridized carbons (Fsp3) is 0.500. The Balaban J connectivity index is 1.99. The summed E-state index contributed by atoms with van der Waals surface area (Å²) in [7, 11) is 0. The lowest BCUT2D eigenvalue weighted by Gasteiger charge is -2.31. The number of rotatable bonds is 2. The third kappa shape index (κ3) is 2.70. The molecule has 0 radical (unpaired) electrons. The van der Waals surface area contributed by atoms with Gasteiger partial charge in [0.1, 0.15) is 0 Å². The van der Waals surface area contributed by atoms with Gasteiger partial charge in [-0.2, -0.15) is 13.2 Å². The summed E-state index contributed by atoms with van der Waals surface area (Å²) < 4.78 is 41.8. The molecule has 0 saturated carbocycles. The van der Waals surface area contributed by atoms with Gasteiger partial charge in [0, 0.05) is 24.0 Å².